The topological polar surface area (TPSA) is 36.7 Å². The van der Waals surface area contributed by atoms with Crippen LogP contribution in [0.3, 0.4) is 0 Å². The molecule has 72 valence electrons. The Kier molecular flexibility index (Phi) is 1.78. The second-order valence-corrected chi connectivity index (χ2v) is 6.49. The third-order valence-corrected chi connectivity index (χ3v) is 4.81. The van der Waals surface area contributed by atoms with E-state index >= 15 is 0 Å². The molecule has 1 heterocycles. The number of thiazole rings is 1. The Morgan fingerprint density at radius 3 is 2.71 bits per heavy atom. The van der Waals surface area contributed by atoms with Gasteiger partial charge in [-0.3, -0.25) is 0 Å². The van der Waals surface area contributed by atoms with Gasteiger partial charge in [0.15, 0.2) is 0 Å². The molecule has 0 atom stereocenters. The molecule has 2 fully saturated rings. The highest BCUT2D eigenvalue weighted by Gasteiger charge is 2.49. The molecule has 0 unspecified atom stereocenters. The molecule has 2 nitrogen and oxygen atoms in total. The molecule has 0 radical (unpaired) electrons. The van der Waals surface area contributed by atoms with Crippen molar-refractivity contribution in [1.82, 2.24) is 4.98 Å². The maximum Gasteiger partial charge on any atom is 0.101 e. The molecule has 2 aliphatic carbocycles. The SMILES string of the molecule is N#CC1(c2nc(C3CC3)sc2Br)CC1. The van der Waals surface area contributed by atoms with Crippen molar-refractivity contribution in [1.29, 1.82) is 5.26 Å². The van der Waals surface area contributed by atoms with Crippen LogP contribution < -0.4 is 0 Å². The Morgan fingerprint density at radius 2 is 2.21 bits per heavy atom. The maximum absolute atomic E-state index is 9.09. The molecule has 1 aromatic rings. The van der Waals surface area contributed by atoms with Crippen molar-refractivity contribution in [3.8, 4) is 6.07 Å². The lowest BCUT2D eigenvalue weighted by Gasteiger charge is -2.00. The summed E-state index contributed by atoms with van der Waals surface area (Å²) >= 11 is 5.26. The molecular weight excluding hydrogens is 260 g/mol. The summed E-state index contributed by atoms with van der Waals surface area (Å²) in [6.45, 7) is 0. The van der Waals surface area contributed by atoms with Gasteiger partial charge in [-0.1, -0.05) is 0 Å². The van der Waals surface area contributed by atoms with Crippen LogP contribution in [0.2, 0.25) is 0 Å². The van der Waals surface area contributed by atoms with Gasteiger partial charge in [0.05, 0.1) is 20.6 Å². The molecule has 1 aromatic heterocycles. The molecule has 3 rings (SSSR count). The Labute approximate surface area is 95.1 Å². The average Bonchev–Trinajstić information content (AvgIpc) is 3.09. The summed E-state index contributed by atoms with van der Waals surface area (Å²) in [6.07, 6.45) is 4.52. The Bertz CT molecular complexity index is 424. The Morgan fingerprint density at radius 1 is 1.50 bits per heavy atom. The van der Waals surface area contributed by atoms with Crippen LogP contribution in [0.4, 0.5) is 0 Å². The first kappa shape index (κ1) is 8.87. The van der Waals surface area contributed by atoms with Gasteiger partial charge in [-0.15, -0.1) is 11.3 Å². The number of aromatic nitrogens is 1. The first-order valence-electron chi connectivity index (χ1n) is 4.83. The summed E-state index contributed by atoms with van der Waals surface area (Å²) in [6, 6.07) is 2.40. The predicted molar refractivity (Wildman–Crippen MR) is 58.3 cm³/mol. The molecule has 0 bridgehead atoms. The third kappa shape index (κ3) is 1.23. The smallest absolute Gasteiger partial charge is 0.101 e. The van der Waals surface area contributed by atoms with Gasteiger partial charge in [0.25, 0.3) is 0 Å². The zero-order valence-electron chi connectivity index (χ0n) is 7.59. The summed E-state index contributed by atoms with van der Waals surface area (Å²) in [5.41, 5.74) is 0.773. The number of rotatable bonds is 2. The summed E-state index contributed by atoms with van der Waals surface area (Å²) in [5, 5.41) is 10.3. The number of hydrogen-bond acceptors (Lipinski definition) is 3. The Balaban J connectivity index is 2.01. The van der Waals surface area contributed by atoms with Gasteiger partial charge >= 0.3 is 0 Å². The molecule has 2 aliphatic rings. The van der Waals surface area contributed by atoms with Crippen LogP contribution in [0.1, 0.15) is 42.3 Å². The summed E-state index contributed by atoms with van der Waals surface area (Å²) in [7, 11) is 0. The highest BCUT2D eigenvalue weighted by molar-refractivity contribution is 9.11. The predicted octanol–water partition coefficient (Wildman–Crippen LogP) is 3.34. The van der Waals surface area contributed by atoms with Crippen molar-refractivity contribution < 1.29 is 0 Å². The van der Waals surface area contributed by atoms with Gasteiger partial charge in [-0.05, 0) is 41.6 Å². The van der Waals surface area contributed by atoms with E-state index in [1.807, 2.05) is 0 Å². The monoisotopic (exact) mass is 268 g/mol. The van der Waals surface area contributed by atoms with E-state index in [4.69, 9.17) is 5.26 Å². The minimum Gasteiger partial charge on any atom is -0.243 e. The average molecular weight is 269 g/mol. The minimum atomic E-state index is -0.234. The molecule has 0 amide bonds. The van der Waals surface area contributed by atoms with E-state index in [2.05, 4.69) is 27.0 Å². The molecule has 14 heavy (non-hydrogen) atoms. The lowest BCUT2D eigenvalue weighted by atomic mass is 10.1. The van der Waals surface area contributed by atoms with E-state index in [-0.39, 0.29) is 5.41 Å². The summed E-state index contributed by atoms with van der Waals surface area (Å²) in [5.74, 6) is 0.694. The highest BCUT2D eigenvalue weighted by Crippen LogP contribution is 2.53. The van der Waals surface area contributed by atoms with E-state index < -0.39 is 0 Å². The van der Waals surface area contributed by atoms with Crippen molar-refractivity contribution in [2.45, 2.75) is 37.0 Å². The molecule has 0 saturated heterocycles. The maximum atomic E-state index is 9.09. The van der Waals surface area contributed by atoms with Gasteiger partial charge in [0, 0.05) is 5.92 Å². The summed E-state index contributed by atoms with van der Waals surface area (Å²) < 4.78 is 1.08. The second-order valence-electron chi connectivity index (χ2n) is 4.14. The van der Waals surface area contributed by atoms with Crippen LogP contribution in [-0.2, 0) is 5.41 Å². The van der Waals surface area contributed by atoms with Crippen LogP contribution in [0.25, 0.3) is 0 Å². The van der Waals surface area contributed by atoms with E-state index in [1.165, 1.54) is 17.8 Å². The first-order valence-corrected chi connectivity index (χ1v) is 6.44. The molecule has 0 aliphatic heterocycles. The molecule has 2 saturated carbocycles. The zero-order valence-corrected chi connectivity index (χ0v) is 9.99. The van der Waals surface area contributed by atoms with Gasteiger partial charge in [-0.2, -0.15) is 5.26 Å². The second kappa shape index (κ2) is 2.80. The fourth-order valence-corrected chi connectivity index (χ4v) is 3.67. The molecule has 0 spiro atoms. The molecule has 0 N–H and O–H groups in total. The standard InChI is InChI=1S/C10H9BrN2S/c11-8-7(10(5-12)3-4-10)13-9(14-8)6-1-2-6/h6H,1-4H2. The van der Waals surface area contributed by atoms with Crippen molar-refractivity contribution in [3.05, 3.63) is 14.5 Å². The molecule has 0 aromatic carbocycles. The van der Waals surface area contributed by atoms with E-state index in [9.17, 15) is 0 Å². The fraction of sp³-hybridized carbons (Fsp3) is 0.600. The van der Waals surface area contributed by atoms with Crippen LogP contribution in [0.15, 0.2) is 3.79 Å². The molecule has 4 heteroatoms. The lowest BCUT2D eigenvalue weighted by Crippen LogP contribution is -2.03. The lowest BCUT2D eigenvalue weighted by molar-refractivity contribution is 0.847. The fourth-order valence-electron chi connectivity index (χ4n) is 1.64. The van der Waals surface area contributed by atoms with Crippen LogP contribution in [-0.4, -0.2) is 4.98 Å². The van der Waals surface area contributed by atoms with Crippen molar-refractivity contribution in [3.63, 3.8) is 0 Å². The largest absolute Gasteiger partial charge is 0.243 e. The van der Waals surface area contributed by atoms with Crippen LogP contribution in [0, 0.1) is 11.3 Å². The quantitative estimate of drug-likeness (QED) is 0.825. The van der Waals surface area contributed by atoms with Crippen molar-refractivity contribution in [2.75, 3.05) is 0 Å². The van der Waals surface area contributed by atoms with Crippen LogP contribution in [0.5, 0.6) is 0 Å². The van der Waals surface area contributed by atoms with Gasteiger partial charge < -0.3 is 0 Å². The molecular formula is C10H9BrN2S. The first-order chi connectivity index (χ1) is 6.75. The van der Waals surface area contributed by atoms with E-state index in [0.717, 1.165) is 22.3 Å². The Hall–Kier alpha value is -0.400. The number of halogens is 1. The van der Waals surface area contributed by atoms with Crippen molar-refractivity contribution in [2.24, 2.45) is 0 Å². The third-order valence-electron chi connectivity index (χ3n) is 2.95. The van der Waals surface area contributed by atoms with Gasteiger partial charge in [-0.25, -0.2) is 4.98 Å². The number of nitriles is 1. The number of hydrogen-bond donors (Lipinski definition) is 0. The van der Waals surface area contributed by atoms with Gasteiger partial charge in [0.2, 0.25) is 0 Å². The van der Waals surface area contributed by atoms with E-state index in [1.54, 1.807) is 11.3 Å². The normalized spacial score (nSPS) is 23.1. The van der Waals surface area contributed by atoms with Gasteiger partial charge in [0.1, 0.15) is 5.41 Å². The highest BCUT2D eigenvalue weighted by atomic mass is 79.9. The van der Waals surface area contributed by atoms with E-state index in [0.29, 0.717) is 5.92 Å². The van der Waals surface area contributed by atoms with Crippen molar-refractivity contribution >= 4 is 27.3 Å². The summed E-state index contributed by atoms with van der Waals surface area (Å²) in [4.78, 5) is 4.63. The minimum absolute atomic E-state index is 0.234. The van der Waals surface area contributed by atoms with Crippen LogP contribution >= 0.6 is 27.3 Å². The zero-order chi connectivity index (χ0) is 9.76. The number of nitrogens with zero attached hydrogens (tertiary/aromatic N) is 2.